The van der Waals surface area contributed by atoms with E-state index in [-0.39, 0.29) is 24.1 Å². The van der Waals surface area contributed by atoms with Crippen molar-refractivity contribution in [2.75, 3.05) is 0 Å². The summed E-state index contributed by atoms with van der Waals surface area (Å²) in [5, 5.41) is 10.7. The van der Waals surface area contributed by atoms with Crippen LogP contribution >= 0.6 is 0 Å². The van der Waals surface area contributed by atoms with E-state index in [1.54, 1.807) is 12.1 Å². The standard InChI is InChI=1S/C26H21F3N2O3/c27-26(28,29)20-10-4-8-18(14-20)16-31-23(19-9-5-13-30-15-19)22(24(33)25(31)34)21(32)12-11-17-6-2-1-3-7-17/h1-10,13-15,23,33H,11-12,16H2. The van der Waals surface area contributed by atoms with Gasteiger partial charge >= 0.3 is 6.18 Å². The van der Waals surface area contributed by atoms with Crippen molar-refractivity contribution in [2.45, 2.75) is 31.6 Å². The second kappa shape index (κ2) is 9.51. The normalized spacial score (nSPS) is 16.3. The fourth-order valence-corrected chi connectivity index (χ4v) is 4.07. The molecule has 1 aromatic heterocycles. The highest BCUT2D eigenvalue weighted by Crippen LogP contribution is 2.39. The first kappa shape index (κ1) is 23.2. The SMILES string of the molecule is O=C(CCc1ccccc1)C1=C(O)C(=O)N(Cc2cccc(C(F)(F)F)c2)C1c1cccnc1. The van der Waals surface area contributed by atoms with Gasteiger partial charge in [0.2, 0.25) is 0 Å². The maximum Gasteiger partial charge on any atom is 0.416 e. The van der Waals surface area contributed by atoms with Crippen LogP contribution in [0.1, 0.15) is 34.7 Å². The van der Waals surface area contributed by atoms with Crippen LogP contribution in [-0.2, 0) is 28.7 Å². The number of aliphatic hydroxyl groups is 1. The summed E-state index contributed by atoms with van der Waals surface area (Å²) in [7, 11) is 0. The quantitative estimate of drug-likeness (QED) is 0.520. The lowest BCUT2D eigenvalue weighted by atomic mass is 9.94. The molecule has 34 heavy (non-hydrogen) atoms. The van der Waals surface area contributed by atoms with Crippen molar-refractivity contribution in [3.05, 3.63) is 113 Å². The summed E-state index contributed by atoms with van der Waals surface area (Å²) in [6.45, 7) is -0.220. The highest BCUT2D eigenvalue weighted by molar-refractivity contribution is 6.09. The summed E-state index contributed by atoms with van der Waals surface area (Å²) in [4.78, 5) is 31.4. The summed E-state index contributed by atoms with van der Waals surface area (Å²) in [5.41, 5.74) is 0.726. The molecule has 174 valence electrons. The van der Waals surface area contributed by atoms with Crippen LogP contribution in [0.4, 0.5) is 13.2 Å². The van der Waals surface area contributed by atoms with Crippen LogP contribution in [0.15, 0.2) is 90.5 Å². The number of rotatable bonds is 7. The largest absolute Gasteiger partial charge is 0.503 e. The van der Waals surface area contributed by atoms with Gasteiger partial charge in [-0.3, -0.25) is 14.6 Å². The van der Waals surface area contributed by atoms with E-state index in [1.807, 2.05) is 30.3 Å². The summed E-state index contributed by atoms with van der Waals surface area (Å²) in [6, 6.07) is 16.3. The first-order valence-corrected chi connectivity index (χ1v) is 10.6. The molecule has 5 nitrogen and oxygen atoms in total. The zero-order valence-electron chi connectivity index (χ0n) is 18.0. The Morgan fingerprint density at radius 1 is 1.00 bits per heavy atom. The number of nitrogens with zero attached hydrogens (tertiary/aromatic N) is 2. The van der Waals surface area contributed by atoms with E-state index in [4.69, 9.17) is 0 Å². The van der Waals surface area contributed by atoms with Crippen molar-refractivity contribution in [1.29, 1.82) is 0 Å². The number of Topliss-reactive ketones (excluding diaryl/α,β-unsaturated/α-hetero) is 1. The number of pyridine rings is 1. The Kier molecular flexibility index (Phi) is 6.49. The number of ketones is 1. The van der Waals surface area contributed by atoms with Gasteiger partial charge in [-0.2, -0.15) is 13.2 Å². The fourth-order valence-electron chi connectivity index (χ4n) is 4.07. The Hall–Kier alpha value is -3.94. The van der Waals surface area contributed by atoms with Crippen molar-refractivity contribution < 1.29 is 27.9 Å². The number of hydrogen-bond donors (Lipinski definition) is 1. The average Bonchev–Trinajstić information content (AvgIpc) is 3.08. The minimum atomic E-state index is -4.53. The monoisotopic (exact) mass is 466 g/mol. The van der Waals surface area contributed by atoms with E-state index in [9.17, 15) is 27.9 Å². The van der Waals surface area contributed by atoms with Gasteiger partial charge in [0.1, 0.15) is 0 Å². The molecule has 0 radical (unpaired) electrons. The second-order valence-electron chi connectivity index (χ2n) is 7.99. The molecule has 1 atom stereocenters. The van der Waals surface area contributed by atoms with E-state index in [2.05, 4.69) is 4.98 Å². The summed E-state index contributed by atoms with van der Waals surface area (Å²) < 4.78 is 39.5. The van der Waals surface area contributed by atoms with E-state index in [0.717, 1.165) is 17.7 Å². The number of alkyl halides is 3. The third-order valence-corrected chi connectivity index (χ3v) is 5.70. The Morgan fingerprint density at radius 3 is 2.41 bits per heavy atom. The average molecular weight is 466 g/mol. The smallest absolute Gasteiger partial charge is 0.416 e. The molecule has 0 saturated carbocycles. The van der Waals surface area contributed by atoms with Crippen LogP contribution in [0.2, 0.25) is 0 Å². The van der Waals surface area contributed by atoms with E-state index < -0.39 is 35.2 Å². The third-order valence-electron chi connectivity index (χ3n) is 5.70. The van der Waals surface area contributed by atoms with Crippen molar-refractivity contribution in [1.82, 2.24) is 9.88 Å². The number of aliphatic hydroxyl groups excluding tert-OH is 1. The molecular formula is C26H21F3N2O3. The molecule has 0 spiro atoms. The molecule has 0 bridgehead atoms. The predicted octanol–water partition coefficient (Wildman–Crippen LogP) is 5.20. The molecule has 1 N–H and O–H groups in total. The Bertz CT molecular complexity index is 1220. The van der Waals surface area contributed by atoms with Crippen LogP contribution in [0.5, 0.6) is 0 Å². The second-order valence-corrected chi connectivity index (χ2v) is 7.99. The van der Waals surface area contributed by atoms with Gasteiger partial charge in [-0.1, -0.05) is 48.5 Å². The molecule has 1 unspecified atom stereocenters. The molecule has 0 fully saturated rings. The molecular weight excluding hydrogens is 445 g/mol. The molecule has 2 heterocycles. The summed E-state index contributed by atoms with van der Waals surface area (Å²) in [6.07, 6.45) is -1.06. The Balaban J connectivity index is 1.65. The highest BCUT2D eigenvalue weighted by Gasteiger charge is 2.43. The lowest BCUT2D eigenvalue weighted by molar-refractivity contribution is -0.137. The highest BCUT2D eigenvalue weighted by atomic mass is 19.4. The molecule has 0 saturated heterocycles. The summed E-state index contributed by atoms with van der Waals surface area (Å²) >= 11 is 0. The van der Waals surface area contributed by atoms with Gasteiger partial charge in [0.05, 0.1) is 17.2 Å². The topological polar surface area (TPSA) is 70.5 Å². The predicted molar refractivity (Wildman–Crippen MR) is 118 cm³/mol. The maximum atomic E-state index is 13.2. The van der Waals surface area contributed by atoms with E-state index in [1.165, 1.54) is 29.4 Å². The fraction of sp³-hybridized carbons (Fsp3) is 0.192. The Labute approximate surface area is 194 Å². The number of carbonyl (C=O) groups is 2. The van der Waals surface area contributed by atoms with Gasteiger partial charge in [0, 0.05) is 25.4 Å². The molecule has 3 aromatic rings. The number of aryl methyl sites for hydroxylation is 1. The van der Waals surface area contributed by atoms with Gasteiger partial charge in [0.25, 0.3) is 5.91 Å². The van der Waals surface area contributed by atoms with Crippen LogP contribution in [0.3, 0.4) is 0 Å². The van der Waals surface area contributed by atoms with Gasteiger partial charge in [-0.15, -0.1) is 0 Å². The van der Waals surface area contributed by atoms with Crippen LogP contribution in [0, 0.1) is 0 Å². The molecule has 8 heteroatoms. The minimum Gasteiger partial charge on any atom is -0.503 e. The molecule has 1 amide bonds. The summed E-state index contributed by atoms with van der Waals surface area (Å²) in [5.74, 6) is -1.90. The van der Waals surface area contributed by atoms with Crippen molar-refractivity contribution in [3.63, 3.8) is 0 Å². The number of halogens is 3. The Morgan fingerprint density at radius 2 is 1.74 bits per heavy atom. The lowest BCUT2D eigenvalue weighted by Gasteiger charge is -2.27. The third kappa shape index (κ3) is 4.85. The molecule has 1 aliphatic heterocycles. The van der Waals surface area contributed by atoms with Crippen LogP contribution < -0.4 is 0 Å². The minimum absolute atomic E-state index is 0.0604. The van der Waals surface area contributed by atoms with Gasteiger partial charge in [0.15, 0.2) is 11.5 Å². The first-order valence-electron chi connectivity index (χ1n) is 10.6. The van der Waals surface area contributed by atoms with Gasteiger partial charge in [-0.05, 0) is 41.3 Å². The molecule has 1 aliphatic rings. The van der Waals surface area contributed by atoms with E-state index in [0.29, 0.717) is 12.0 Å². The number of aromatic nitrogens is 1. The van der Waals surface area contributed by atoms with Gasteiger partial charge < -0.3 is 10.0 Å². The zero-order valence-corrected chi connectivity index (χ0v) is 18.0. The maximum absolute atomic E-state index is 13.2. The molecule has 4 rings (SSSR count). The first-order chi connectivity index (χ1) is 16.3. The number of amides is 1. The van der Waals surface area contributed by atoms with Crippen molar-refractivity contribution in [3.8, 4) is 0 Å². The van der Waals surface area contributed by atoms with Crippen LogP contribution in [0.25, 0.3) is 0 Å². The zero-order chi connectivity index (χ0) is 24.3. The number of carbonyl (C=O) groups excluding carboxylic acids is 2. The number of benzene rings is 2. The van der Waals surface area contributed by atoms with E-state index >= 15 is 0 Å². The molecule has 0 aliphatic carbocycles. The van der Waals surface area contributed by atoms with Crippen molar-refractivity contribution >= 4 is 11.7 Å². The lowest BCUT2D eigenvalue weighted by Crippen LogP contribution is -2.31. The molecule has 2 aromatic carbocycles. The van der Waals surface area contributed by atoms with Crippen LogP contribution in [-0.4, -0.2) is 26.7 Å². The van der Waals surface area contributed by atoms with Gasteiger partial charge in [-0.25, -0.2) is 0 Å². The number of hydrogen-bond acceptors (Lipinski definition) is 4. The van der Waals surface area contributed by atoms with Crippen molar-refractivity contribution in [2.24, 2.45) is 0 Å².